The fourth-order valence-electron chi connectivity index (χ4n) is 14.7. The lowest BCUT2D eigenvalue weighted by Crippen LogP contribution is -2.44. The molecule has 0 saturated carbocycles. The summed E-state index contributed by atoms with van der Waals surface area (Å²) in [4.78, 5) is 46.9. The van der Waals surface area contributed by atoms with Gasteiger partial charge in [0.1, 0.15) is 45.6 Å². The Balaban J connectivity index is 0.000000124. The van der Waals surface area contributed by atoms with E-state index in [1.165, 1.54) is 110 Å². The summed E-state index contributed by atoms with van der Waals surface area (Å²) in [7, 11) is 0. The van der Waals surface area contributed by atoms with Gasteiger partial charge < -0.3 is 41.7 Å². The van der Waals surface area contributed by atoms with Gasteiger partial charge in [0.2, 0.25) is 23.8 Å². The van der Waals surface area contributed by atoms with Crippen LogP contribution in [0.15, 0.2) is 231 Å². The second-order valence-corrected chi connectivity index (χ2v) is 29.7. The molecule has 2 fully saturated rings. The molecule has 0 bridgehead atoms. The van der Waals surface area contributed by atoms with Crippen LogP contribution in [0.3, 0.4) is 0 Å². The Hall–Kier alpha value is -16.3. The fourth-order valence-corrected chi connectivity index (χ4v) is 14.7. The van der Waals surface area contributed by atoms with Crippen LogP contribution >= 0.6 is 0 Å². The molecular formula is C90H64F18N26. The standard InChI is InChI=1S/2C23H13F5N6.C22H18F5N7.C22H20F3N7/c2*24-13-9-15-20(17(25)10-13)33-34-21(15)32-22-30-18(12-5-7-29-8-6-12)11-19(31-22)14-3-1-2-4-16(14)23(26,27)28;23-12-9-14-19(16(24)10-12)32-33-20(14)31-21-29-17(11-18(30-21)34-7-5-28-6-8-34)13-3-1-2-4-15(13)22(25,26)27;23-22(24,25)16-7-3-1-5-14(16)18-13-19(32-11-9-26-10-12-32)28-21(27-18)29-20-15-6-2-4-8-17(15)30-31-20/h2*1-11H,(H2,30,31,32,33,34);1-4,9-11,28H,5-8H2,(H2,29,30,31,32,33);1-8,13,26H,9-12H2,(H2,27,28,29,30,31). The SMILES string of the molecule is FC(F)(F)c1ccccc1-c1cc(N2CCNCC2)nc(Nc2n[nH]c3ccccc23)n1.Fc1cc(F)c2[nH]nc(Nc3nc(-c4ccccc4C(F)(F)F)cc(N4CCNCC4)n3)c2c1.Fc1cc(F)c2[nH]nc(Nc3nc(-c4ccncc4)cc(-c4ccccc4C(F)(F)F)n3)c2c1.Fc1cc(F)c2[nH]nc(Nc3nc(-c4ccncc4)cc(-c4ccccc4C(F)(F)F)n3)c2c1. The molecule has 10 aromatic heterocycles. The highest BCUT2D eigenvalue weighted by Crippen LogP contribution is 2.44. The molecule has 10 N–H and O–H groups in total. The number of nitrogens with one attached hydrogen (secondary N) is 10. The fraction of sp³-hybridized carbons (Fsp3) is 0.133. The molecular weight excluding hydrogens is 1790 g/mol. The monoisotopic (exact) mass is 1850 g/mol. The molecule has 12 heterocycles. The first-order valence-electron chi connectivity index (χ1n) is 40.3. The minimum Gasteiger partial charge on any atom is -0.354 e. The van der Waals surface area contributed by atoms with Crippen molar-refractivity contribution in [1.82, 2.24) is 101 Å². The van der Waals surface area contributed by atoms with Crippen LogP contribution < -0.4 is 41.7 Å². The van der Waals surface area contributed by atoms with E-state index in [1.54, 1.807) is 36.4 Å². The molecule has 44 heteroatoms. The Morgan fingerprint density at radius 3 is 0.881 bits per heavy atom. The van der Waals surface area contributed by atoms with Gasteiger partial charge in [0.25, 0.3) is 0 Å². The Bertz CT molecular complexity index is 7070. The predicted molar refractivity (Wildman–Crippen MR) is 464 cm³/mol. The van der Waals surface area contributed by atoms with Crippen molar-refractivity contribution in [1.29, 1.82) is 0 Å². The maximum absolute atomic E-state index is 14.1. The Kier molecular flexibility index (Phi) is 25.2. The van der Waals surface area contributed by atoms with Crippen molar-refractivity contribution in [2.45, 2.75) is 24.7 Å². The van der Waals surface area contributed by atoms with Crippen molar-refractivity contribution in [3.63, 3.8) is 0 Å². The number of para-hydroxylation sites is 1. The number of hydrogen-bond donors (Lipinski definition) is 10. The first-order valence-corrected chi connectivity index (χ1v) is 40.3. The molecule has 26 nitrogen and oxygen atoms in total. The molecule has 20 rings (SSSR count). The third-order valence-corrected chi connectivity index (χ3v) is 20.9. The number of halogens is 18. The second-order valence-electron chi connectivity index (χ2n) is 29.7. The highest BCUT2D eigenvalue weighted by atomic mass is 19.4. The topological polar surface area (TPSA) is 322 Å². The molecule has 0 spiro atoms. The highest BCUT2D eigenvalue weighted by Gasteiger charge is 2.39. The molecule has 134 heavy (non-hydrogen) atoms. The van der Waals surface area contributed by atoms with Gasteiger partial charge in [-0.25, -0.2) is 56.2 Å². The maximum atomic E-state index is 14.1. The highest BCUT2D eigenvalue weighted by molar-refractivity contribution is 5.95. The number of benzene rings is 8. The Morgan fingerprint density at radius 1 is 0.276 bits per heavy atom. The summed E-state index contributed by atoms with van der Waals surface area (Å²) in [5.74, 6) is -3.50. The predicted octanol–water partition coefficient (Wildman–Crippen LogP) is 20.9. The van der Waals surface area contributed by atoms with Crippen molar-refractivity contribution in [2.75, 3.05) is 83.4 Å². The summed E-state index contributed by atoms with van der Waals surface area (Å²) in [5, 5.41) is 45.5. The van der Waals surface area contributed by atoms with E-state index in [9.17, 15) is 79.0 Å². The maximum Gasteiger partial charge on any atom is 0.417 e. The van der Waals surface area contributed by atoms with Crippen LogP contribution in [0.2, 0.25) is 0 Å². The van der Waals surface area contributed by atoms with E-state index in [1.807, 2.05) is 34.1 Å². The molecule has 0 unspecified atom stereocenters. The molecule has 18 aromatic rings. The summed E-state index contributed by atoms with van der Waals surface area (Å²) in [6.07, 6.45) is -12.2. The van der Waals surface area contributed by atoms with Crippen LogP contribution in [0.1, 0.15) is 22.3 Å². The normalized spacial score (nSPS) is 13.1. The summed E-state index contributed by atoms with van der Waals surface area (Å²) < 4.78 is 248. The quantitative estimate of drug-likeness (QED) is 0.0402. The number of aromatic amines is 4. The van der Waals surface area contributed by atoms with E-state index in [4.69, 9.17) is 0 Å². The number of pyridine rings is 2. The van der Waals surface area contributed by atoms with Gasteiger partial charge in [-0.1, -0.05) is 84.9 Å². The molecule has 0 atom stereocenters. The number of nitrogens with zero attached hydrogens (tertiary/aromatic N) is 16. The molecule has 2 saturated heterocycles. The van der Waals surface area contributed by atoms with Crippen LogP contribution in [-0.4, -0.2) is 143 Å². The Labute approximate surface area is 743 Å². The van der Waals surface area contributed by atoms with Gasteiger partial charge in [-0.3, -0.25) is 30.4 Å². The third-order valence-electron chi connectivity index (χ3n) is 20.9. The van der Waals surface area contributed by atoms with E-state index >= 15 is 0 Å². The Morgan fingerprint density at radius 2 is 0.552 bits per heavy atom. The number of rotatable bonds is 16. The van der Waals surface area contributed by atoms with Crippen LogP contribution in [0, 0.1) is 34.9 Å². The number of fused-ring (bicyclic) bond motifs is 4. The van der Waals surface area contributed by atoms with Gasteiger partial charge in [0, 0.05) is 146 Å². The third kappa shape index (κ3) is 20.2. The van der Waals surface area contributed by atoms with Crippen molar-refractivity contribution in [2.24, 2.45) is 0 Å². The van der Waals surface area contributed by atoms with Gasteiger partial charge in [-0.05, 0) is 91.0 Å². The van der Waals surface area contributed by atoms with Gasteiger partial charge in [0.15, 0.2) is 40.7 Å². The van der Waals surface area contributed by atoms with Crippen molar-refractivity contribution < 1.29 is 79.0 Å². The molecule has 2 aliphatic rings. The van der Waals surface area contributed by atoms with Gasteiger partial charge in [0.05, 0.1) is 78.1 Å². The second kappa shape index (κ2) is 37.7. The summed E-state index contributed by atoms with van der Waals surface area (Å²) in [5.41, 5.74) is -0.976. The van der Waals surface area contributed by atoms with E-state index in [2.05, 4.69) is 123 Å². The summed E-state index contributed by atoms with van der Waals surface area (Å²) in [6, 6.07) is 46.0. The van der Waals surface area contributed by atoms with Gasteiger partial charge in [-0.15, -0.1) is 0 Å². The molecule has 2 aliphatic heterocycles. The van der Waals surface area contributed by atoms with Crippen LogP contribution in [0.5, 0.6) is 0 Å². The largest absolute Gasteiger partial charge is 0.417 e. The average molecular weight is 1850 g/mol. The smallest absolute Gasteiger partial charge is 0.354 e. The van der Waals surface area contributed by atoms with Crippen LogP contribution in [0.4, 0.5) is 138 Å². The van der Waals surface area contributed by atoms with Gasteiger partial charge in [-0.2, -0.15) is 83.0 Å². The number of alkyl halides is 12. The molecule has 0 aliphatic carbocycles. The number of hydrogen-bond acceptors (Lipinski definition) is 22. The summed E-state index contributed by atoms with van der Waals surface area (Å²) in [6.45, 7) is 5.49. The first kappa shape index (κ1) is 89.7. The number of aromatic nitrogens is 18. The lowest BCUT2D eigenvalue weighted by atomic mass is 10.0. The van der Waals surface area contributed by atoms with E-state index in [0.29, 0.717) is 91.4 Å². The lowest BCUT2D eigenvalue weighted by Gasteiger charge is -2.29. The number of H-pyrrole nitrogens is 4. The number of piperazine rings is 2. The zero-order chi connectivity index (χ0) is 93.7. The van der Waals surface area contributed by atoms with E-state index in [-0.39, 0.29) is 119 Å². The van der Waals surface area contributed by atoms with Crippen LogP contribution in [0.25, 0.3) is 111 Å². The van der Waals surface area contributed by atoms with Gasteiger partial charge >= 0.3 is 24.7 Å². The summed E-state index contributed by atoms with van der Waals surface area (Å²) >= 11 is 0. The zero-order valence-electron chi connectivity index (χ0n) is 68.6. The van der Waals surface area contributed by atoms with Crippen LogP contribution in [-0.2, 0) is 24.7 Å². The van der Waals surface area contributed by atoms with E-state index in [0.717, 1.165) is 72.5 Å². The first-order chi connectivity index (χ1) is 64.4. The number of anilines is 10. The molecule has 0 amide bonds. The molecule has 680 valence electrons. The minimum atomic E-state index is -4.61. The van der Waals surface area contributed by atoms with E-state index < -0.39 is 81.9 Å². The lowest BCUT2D eigenvalue weighted by molar-refractivity contribution is -0.137. The molecule has 8 aromatic carbocycles. The van der Waals surface area contributed by atoms with Crippen molar-refractivity contribution >= 4 is 102 Å². The van der Waals surface area contributed by atoms with Crippen molar-refractivity contribution in [3.8, 4) is 67.5 Å². The zero-order valence-corrected chi connectivity index (χ0v) is 68.6. The molecule has 0 radical (unpaired) electrons. The average Bonchev–Trinajstić information content (AvgIpc) is 1.53. The van der Waals surface area contributed by atoms with Crippen molar-refractivity contribution in [3.05, 3.63) is 288 Å². The minimum absolute atomic E-state index is 0.00515.